The first-order valence-corrected chi connectivity index (χ1v) is 6.45. The predicted octanol–water partition coefficient (Wildman–Crippen LogP) is 2.89. The lowest BCUT2D eigenvalue weighted by atomic mass is 10.0. The maximum Gasteiger partial charge on any atom is 0.0393 e. The molecule has 1 aromatic rings. The third-order valence-corrected chi connectivity index (χ3v) is 3.82. The Balaban J connectivity index is 1.85. The van der Waals surface area contributed by atoms with Crippen LogP contribution in [-0.2, 0) is 6.42 Å². The number of benzene rings is 1. The molecule has 2 heteroatoms. The van der Waals surface area contributed by atoms with Gasteiger partial charge >= 0.3 is 0 Å². The van der Waals surface area contributed by atoms with Gasteiger partial charge in [-0.1, -0.05) is 13.0 Å². The van der Waals surface area contributed by atoms with Gasteiger partial charge in [-0.2, -0.15) is 0 Å². The Bertz CT molecular complexity index is 386. The van der Waals surface area contributed by atoms with Gasteiger partial charge in [-0.25, -0.2) is 0 Å². The quantitative estimate of drug-likeness (QED) is 0.776. The van der Waals surface area contributed by atoms with Gasteiger partial charge in [0.25, 0.3) is 0 Å². The maximum absolute atomic E-state index is 3.51. The molecule has 0 saturated carbocycles. The van der Waals surface area contributed by atoms with Crippen LogP contribution in [0.3, 0.4) is 0 Å². The number of rotatable bonds is 1. The molecule has 16 heavy (non-hydrogen) atoms. The SMILES string of the molecule is CC1CCN(c2ccc3c(c2)NCCC3)C1. The summed E-state index contributed by atoms with van der Waals surface area (Å²) in [7, 11) is 0. The average molecular weight is 216 g/mol. The van der Waals surface area contributed by atoms with Crippen LogP contribution in [0.4, 0.5) is 11.4 Å². The van der Waals surface area contributed by atoms with Crippen molar-refractivity contribution in [2.45, 2.75) is 26.2 Å². The Labute approximate surface area is 97.6 Å². The summed E-state index contributed by atoms with van der Waals surface area (Å²) < 4.78 is 0. The molecule has 1 atom stereocenters. The van der Waals surface area contributed by atoms with Crippen molar-refractivity contribution in [2.24, 2.45) is 5.92 Å². The van der Waals surface area contributed by atoms with Crippen molar-refractivity contribution in [3.05, 3.63) is 23.8 Å². The highest BCUT2D eigenvalue weighted by Crippen LogP contribution is 2.30. The number of nitrogens with one attached hydrogen (secondary N) is 1. The summed E-state index contributed by atoms with van der Waals surface area (Å²) in [5.41, 5.74) is 4.25. The van der Waals surface area contributed by atoms with Gasteiger partial charge in [0, 0.05) is 31.0 Å². The number of aryl methyl sites for hydroxylation is 1. The molecule has 0 spiro atoms. The zero-order chi connectivity index (χ0) is 11.0. The molecule has 1 fully saturated rings. The lowest BCUT2D eigenvalue weighted by Crippen LogP contribution is -2.20. The zero-order valence-corrected chi connectivity index (χ0v) is 10.00. The summed E-state index contributed by atoms with van der Waals surface area (Å²) in [6.07, 6.45) is 3.84. The molecule has 2 heterocycles. The summed E-state index contributed by atoms with van der Waals surface area (Å²) in [6, 6.07) is 6.94. The molecule has 2 nitrogen and oxygen atoms in total. The standard InChI is InChI=1S/C14H20N2/c1-11-6-8-16(10-11)13-5-4-12-3-2-7-15-14(12)9-13/h4-5,9,11,15H,2-3,6-8,10H2,1H3. The van der Waals surface area contributed by atoms with E-state index in [1.807, 2.05) is 0 Å². The minimum absolute atomic E-state index is 0.851. The topological polar surface area (TPSA) is 15.3 Å². The summed E-state index contributed by atoms with van der Waals surface area (Å²) in [4.78, 5) is 2.52. The van der Waals surface area contributed by atoms with Gasteiger partial charge in [-0.15, -0.1) is 0 Å². The minimum Gasteiger partial charge on any atom is -0.385 e. The van der Waals surface area contributed by atoms with Gasteiger partial charge in [0.15, 0.2) is 0 Å². The van der Waals surface area contributed by atoms with E-state index >= 15 is 0 Å². The van der Waals surface area contributed by atoms with E-state index in [0.717, 1.165) is 12.5 Å². The Hall–Kier alpha value is -1.18. The molecule has 2 aliphatic heterocycles. The van der Waals surface area contributed by atoms with Crippen LogP contribution in [0.5, 0.6) is 0 Å². The summed E-state index contributed by atoms with van der Waals surface area (Å²) in [5, 5.41) is 3.51. The summed E-state index contributed by atoms with van der Waals surface area (Å²) >= 11 is 0. The second-order valence-corrected chi connectivity index (χ2v) is 5.21. The highest BCUT2D eigenvalue weighted by Gasteiger charge is 2.20. The van der Waals surface area contributed by atoms with Gasteiger partial charge in [0.1, 0.15) is 0 Å². The highest BCUT2D eigenvalue weighted by molar-refractivity contribution is 5.63. The molecular formula is C14H20N2. The number of hydrogen-bond donors (Lipinski definition) is 1. The smallest absolute Gasteiger partial charge is 0.0393 e. The fraction of sp³-hybridized carbons (Fsp3) is 0.571. The van der Waals surface area contributed by atoms with Crippen molar-refractivity contribution in [1.29, 1.82) is 0 Å². The molecule has 2 aliphatic rings. The second-order valence-electron chi connectivity index (χ2n) is 5.21. The fourth-order valence-electron chi connectivity index (χ4n) is 2.82. The molecule has 0 radical (unpaired) electrons. The molecule has 1 N–H and O–H groups in total. The second kappa shape index (κ2) is 4.00. The van der Waals surface area contributed by atoms with E-state index in [-0.39, 0.29) is 0 Å². The maximum atomic E-state index is 3.51. The number of fused-ring (bicyclic) bond motifs is 1. The van der Waals surface area contributed by atoms with Crippen molar-refractivity contribution >= 4 is 11.4 Å². The van der Waals surface area contributed by atoms with Crippen molar-refractivity contribution in [3.8, 4) is 0 Å². The molecule has 0 aromatic heterocycles. The highest BCUT2D eigenvalue weighted by atomic mass is 15.1. The Morgan fingerprint density at radius 3 is 3.12 bits per heavy atom. The normalized spacial score (nSPS) is 24.1. The summed E-state index contributed by atoms with van der Waals surface area (Å²) in [6.45, 7) is 5.92. The van der Waals surface area contributed by atoms with Crippen LogP contribution in [-0.4, -0.2) is 19.6 Å². The third kappa shape index (κ3) is 1.77. The predicted molar refractivity (Wildman–Crippen MR) is 69.2 cm³/mol. The number of nitrogens with zero attached hydrogens (tertiary/aromatic N) is 1. The van der Waals surface area contributed by atoms with Gasteiger partial charge in [-0.05, 0) is 42.9 Å². The molecule has 0 amide bonds. The molecular weight excluding hydrogens is 196 g/mol. The molecule has 0 aliphatic carbocycles. The first-order valence-electron chi connectivity index (χ1n) is 6.45. The van der Waals surface area contributed by atoms with Crippen LogP contribution in [0.15, 0.2) is 18.2 Å². The Morgan fingerprint density at radius 2 is 2.31 bits per heavy atom. The van der Waals surface area contributed by atoms with E-state index in [9.17, 15) is 0 Å². The molecule has 3 rings (SSSR count). The van der Waals surface area contributed by atoms with E-state index in [0.29, 0.717) is 0 Å². The number of anilines is 2. The van der Waals surface area contributed by atoms with Crippen LogP contribution >= 0.6 is 0 Å². The molecule has 86 valence electrons. The van der Waals surface area contributed by atoms with Crippen LogP contribution in [0.1, 0.15) is 25.3 Å². The lowest BCUT2D eigenvalue weighted by Gasteiger charge is -2.23. The van der Waals surface area contributed by atoms with E-state index in [2.05, 4.69) is 35.3 Å². The Kier molecular flexibility index (Phi) is 2.50. The number of hydrogen-bond acceptors (Lipinski definition) is 2. The molecule has 0 bridgehead atoms. The molecule has 1 saturated heterocycles. The Morgan fingerprint density at radius 1 is 1.38 bits per heavy atom. The van der Waals surface area contributed by atoms with Gasteiger partial charge in [0.05, 0.1) is 0 Å². The fourth-order valence-corrected chi connectivity index (χ4v) is 2.82. The van der Waals surface area contributed by atoms with E-state index in [1.54, 1.807) is 0 Å². The van der Waals surface area contributed by atoms with Gasteiger partial charge in [-0.3, -0.25) is 0 Å². The molecule has 1 aromatic carbocycles. The first-order chi connectivity index (χ1) is 7.83. The van der Waals surface area contributed by atoms with Crippen molar-refractivity contribution in [3.63, 3.8) is 0 Å². The van der Waals surface area contributed by atoms with Crippen LogP contribution in [0, 0.1) is 5.92 Å². The van der Waals surface area contributed by atoms with Gasteiger partial charge < -0.3 is 10.2 Å². The van der Waals surface area contributed by atoms with Crippen molar-refractivity contribution in [2.75, 3.05) is 29.9 Å². The van der Waals surface area contributed by atoms with Crippen molar-refractivity contribution in [1.82, 2.24) is 0 Å². The largest absolute Gasteiger partial charge is 0.385 e. The van der Waals surface area contributed by atoms with E-state index in [1.165, 1.54) is 49.3 Å². The van der Waals surface area contributed by atoms with Crippen LogP contribution in [0.2, 0.25) is 0 Å². The lowest BCUT2D eigenvalue weighted by molar-refractivity contribution is 0.659. The monoisotopic (exact) mass is 216 g/mol. The van der Waals surface area contributed by atoms with Gasteiger partial charge in [0.2, 0.25) is 0 Å². The minimum atomic E-state index is 0.851. The molecule has 1 unspecified atom stereocenters. The zero-order valence-electron chi connectivity index (χ0n) is 10.00. The van der Waals surface area contributed by atoms with E-state index < -0.39 is 0 Å². The summed E-state index contributed by atoms with van der Waals surface area (Å²) in [5.74, 6) is 0.851. The first kappa shape index (κ1) is 10.0. The van der Waals surface area contributed by atoms with Crippen LogP contribution in [0.25, 0.3) is 0 Å². The van der Waals surface area contributed by atoms with Crippen molar-refractivity contribution < 1.29 is 0 Å². The third-order valence-electron chi connectivity index (χ3n) is 3.82. The van der Waals surface area contributed by atoms with Crippen LogP contribution < -0.4 is 10.2 Å². The average Bonchev–Trinajstić information content (AvgIpc) is 2.75. The van der Waals surface area contributed by atoms with E-state index in [4.69, 9.17) is 0 Å².